The van der Waals surface area contributed by atoms with Crippen LogP contribution < -0.4 is 5.32 Å². The smallest absolute Gasteiger partial charge is 0.243 e. The van der Waals surface area contributed by atoms with E-state index in [0.29, 0.717) is 22.0 Å². The van der Waals surface area contributed by atoms with Gasteiger partial charge >= 0.3 is 0 Å². The Balaban J connectivity index is 1.91. The van der Waals surface area contributed by atoms with Gasteiger partial charge < -0.3 is 10.2 Å². The second-order valence-electron chi connectivity index (χ2n) is 10.2. The van der Waals surface area contributed by atoms with Gasteiger partial charge in [0.2, 0.25) is 21.8 Å². The first-order valence-electron chi connectivity index (χ1n) is 12.2. The highest BCUT2D eigenvalue weighted by molar-refractivity contribution is 7.89. The number of fused-ring (bicyclic) bond motifs is 1. The summed E-state index contributed by atoms with van der Waals surface area (Å²) in [6.45, 7) is 6.97. The minimum atomic E-state index is -3.98. The molecule has 3 aromatic rings. The Bertz CT molecular complexity index is 1440. The van der Waals surface area contributed by atoms with Crippen molar-refractivity contribution in [2.24, 2.45) is 0 Å². The van der Waals surface area contributed by atoms with Crippen LogP contribution in [0.15, 0.2) is 65.6 Å². The molecule has 1 atom stereocenters. The van der Waals surface area contributed by atoms with Gasteiger partial charge in [-0.2, -0.15) is 4.31 Å². The summed E-state index contributed by atoms with van der Waals surface area (Å²) < 4.78 is 27.8. The second-order valence-corrected chi connectivity index (χ2v) is 13.1. The zero-order valence-electron chi connectivity index (χ0n) is 22.2. The van der Waals surface area contributed by atoms with Crippen LogP contribution in [0.5, 0.6) is 0 Å². The van der Waals surface area contributed by atoms with Gasteiger partial charge in [0.05, 0.1) is 21.5 Å². The Morgan fingerprint density at radius 3 is 2.21 bits per heavy atom. The van der Waals surface area contributed by atoms with Crippen molar-refractivity contribution in [2.75, 3.05) is 13.6 Å². The summed E-state index contributed by atoms with van der Waals surface area (Å²) >= 11 is 12.2. The summed E-state index contributed by atoms with van der Waals surface area (Å²) in [4.78, 5) is 28.3. The number of likely N-dealkylation sites (N-methyl/N-ethyl adjacent to an activating group) is 1. The average molecular weight is 579 g/mol. The summed E-state index contributed by atoms with van der Waals surface area (Å²) in [5.74, 6) is -0.840. The van der Waals surface area contributed by atoms with E-state index in [4.69, 9.17) is 23.2 Å². The van der Waals surface area contributed by atoms with E-state index < -0.39 is 34.1 Å². The molecule has 2 amide bonds. The summed E-state index contributed by atoms with van der Waals surface area (Å²) in [6, 6.07) is 16.4. The monoisotopic (exact) mass is 577 g/mol. The number of amides is 2. The molecule has 0 heterocycles. The van der Waals surface area contributed by atoms with Crippen molar-refractivity contribution in [3.8, 4) is 0 Å². The van der Waals surface area contributed by atoms with Crippen molar-refractivity contribution in [3.05, 3.63) is 76.3 Å². The zero-order chi connectivity index (χ0) is 28.3. The first kappa shape index (κ1) is 29.9. The molecule has 0 fully saturated rings. The van der Waals surface area contributed by atoms with E-state index in [1.165, 1.54) is 18.0 Å². The number of carbonyl (C=O) groups is 2. The Labute approximate surface area is 234 Å². The standard InChI is InChI=1S/C28H33Cl2N3O4S/c1-6-25(27(35)31-28(2,3)4)33(17-19-11-14-23(29)24(30)15-19)26(34)18-32(5)38(36,37)22-13-12-20-9-7-8-10-21(20)16-22/h7-16,25H,6,17-18H2,1-5H3,(H,31,35)/t25-/m0/s1. The summed E-state index contributed by atoms with van der Waals surface area (Å²) in [6.07, 6.45) is 0.329. The van der Waals surface area contributed by atoms with E-state index in [1.807, 2.05) is 45.0 Å². The van der Waals surface area contributed by atoms with Gasteiger partial charge in [0, 0.05) is 19.1 Å². The van der Waals surface area contributed by atoms with E-state index >= 15 is 0 Å². The van der Waals surface area contributed by atoms with Crippen molar-refractivity contribution in [3.63, 3.8) is 0 Å². The molecule has 10 heteroatoms. The fourth-order valence-electron chi connectivity index (χ4n) is 4.08. The topological polar surface area (TPSA) is 86.8 Å². The third kappa shape index (κ3) is 7.26. The number of benzene rings is 3. The maximum absolute atomic E-state index is 13.7. The Morgan fingerprint density at radius 1 is 0.947 bits per heavy atom. The van der Waals surface area contributed by atoms with Gasteiger partial charge in [-0.3, -0.25) is 9.59 Å². The molecule has 204 valence electrons. The lowest BCUT2D eigenvalue weighted by atomic mass is 10.1. The molecule has 0 aliphatic heterocycles. The first-order chi connectivity index (χ1) is 17.7. The van der Waals surface area contributed by atoms with E-state index in [-0.39, 0.29) is 17.3 Å². The second kappa shape index (κ2) is 12.0. The number of halogens is 2. The molecule has 0 saturated carbocycles. The van der Waals surface area contributed by atoms with Crippen molar-refractivity contribution in [1.82, 2.24) is 14.5 Å². The fourth-order valence-corrected chi connectivity index (χ4v) is 5.56. The number of nitrogens with one attached hydrogen (secondary N) is 1. The van der Waals surface area contributed by atoms with Gasteiger partial charge in [-0.15, -0.1) is 0 Å². The molecule has 38 heavy (non-hydrogen) atoms. The van der Waals surface area contributed by atoms with Crippen LogP contribution in [0, 0.1) is 0 Å². The maximum atomic E-state index is 13.7. The van der Waals surface area contributed by atoms with Crippen molar-refractivity contribution >= 4 is 55.8 Å². The third-order valence-corrected chi connectivity index (χ3v) is 8.55. The molecule has 0 aliphatic rings. The molecule has 0 radical (unpaired) electrons. The number of carbonyl (C=O) groups excluding carboxylic acids is 2. The van der Waals surface area contributed by atoms with Crippen molar-refractivity contribution < 1.29 is 18.0 Å². The van der Waals surface area contributed by atoms with Crippen molar-refractivity contribution in [2.45, 2.75) is 57.1 Å². The lowest BCUT2D eigenvalue weighted by molar-refractivity contribution is -0.142. The number of nitrogens with zero attached hydrogens (tertiary/aromatic N) is 2. The van der Waals surface area contributed by atoms with Crippen LogP contribution in [0.1, 0.15) is 39.7 Å². The summed E-state index contributed by atoms with van der Waals surface area (Å²) in [7, 11) is -2.62. The lowest BCUT2D eigenvalue weighted by Gasteiger charge is -2.34. The number of sulfonamides is 1. The van der Waals surface area contributed by atoms with Crippen molar-refractivity contribution in [1.29, 1.82) is 0 Å². The molecule has 3 rings (SSSR count). The highest BCUT2D eigenvalue weighted by atomic mass is 35.5. The fraction of sp³-hybridized carbons (Fsp3) is 0.357. The van der Waals surface area contributed by atoms with Crippen LogP contribution in [0.3, 0.4) is 0 Å². The average Bonchev–Trinajstić information content (AvgIpc) is 2.84. The zero-order valence-corrected chi connectivity index (χ0v) is 24.5. The molecule has 1 N–H and O–H groups in total. The van der Waals surface area contributed by atoms with E-state index in [1.54, 1.807) is 37.3 Å². The van der Waals surface area contributed by atoms with Gasteiger partial charge in [-0.1, -0.05) is 66.5 Å². The molecule has 0 aromatic heterocycles. The van der Waals surface area contributed by atoms with Crippen LogP contribution in [-0.2, 0) is 26.2 Å². The molecular formula is C28H33Cl2N3O4S. The van der Waals surface area contributed by atoms with Gasteiger partial charge in [0.25, 0.3) is 0 Å². The first-order valence-corrected chi connectivity index (χ1v) is 14.4. The van der Waals surface area contributed by atoms with Crippen LogP contribution in [-0.4, -0.2) is 54.6 Å². The molecule has 0 spiro atoms. The summed E-state index contributed by atoms with van der Waals surface area (Å²) in [5, 5.41) is 5.30. The summed E-state index contributed by atoms with van der Waals surface area (Å²) in [5.41, 5.74) is 0.147. The van der Waals surface area contributed by atoms with E-state index in [2.05, 4.69) is 5.32 Å². The molecule has 0 bridgehead atoms. The largest absolute Gasteiger partial charge is 0.350 e. The van der Waals surface area contributed by atoms with Crippen LogP contribution >= 0.6 is 23.2 Å². The Kier molecular flexibility index (Phi) is 9.47. The van der Waals surface area contributed by atoms with Gasteiger partial charge in [0.1, 0.15) is 6.04 Å². The Hall–Kier alpha value is -2.65. The van der Waals surface area contributed by atoms with E-state index in [0.717, 1.165) is 15.1 Å². The number of hydrogen-bond donors (Lipinski definition) is 1. The molecular weight excluding hydrogens is 545 g/mol. The van der Waals surface area contributed by atoms with Crippen LogP contribution in [0.2, 0.25) is 10.0 Å². The maximum Gasteiger partial charge on any atom is 0.243 e. The predicted molar refractivity (Wildman–Crippen MR) is 153 cm³/mol. The molecule has 0 saturated heterocycles. The normalized spacial score (nSPS) is 12.9. The highest BCUT2D eigenvalue weighted by Gasteiger charge is 2.33. The van der Waals surface area contributed by atoms with Crippen LogP contribution in [0.25, 0.3) is 10.8 Å². The minimum absolute atomic E-state index is 0.0512. The highest BCUT2D eigenvalue weighted by Crippen LogP contribution is 2.25. The van der Waals surface area contributed by atoms with Gasteiger partial charge in [-0.05, 0) is 67.8 Å². The Morgan fingerprint density at radius 2 is 1.61 bits per heavy atom. The number of hydrogen-bond acceptors (Lipinski definition) is 4. The molecule has 0 aliphatic carbocycles. The minimum Gasteiger partial charge on any atom is -0.350 e. The lowest BCUT2D eigenvalue weighted by Crippen LogP contribution is -2.55. The molecule has 7 nitrogen and oxygen atoms in total. The van der Waals surface area contributed by atoms with Crippen LogP contribution in [0.4, 0.5) is 0 Å². The molecule has 0 unspecified atom stereocenters. The van der Waals surface area contributed by atoms with E-state index in [9.17, 15) is 18.0 Å². The predicted octanol–water partition coefficient (Wildman–Crippen LogP) is 5.49. The quantitative estimate of drug-likeness (QED) is 0.364. The van der Waals surface area contributed by atoms with Gasteiger partial charge in [0.15, 0.2) is 0 Å². The third-order valence-electron chi connectivity index (χ3n) is 6.01. The number of rotatable bonds is 9. The SMILES string of the molecule is CC[C@@H](C(=O)NC(C)(C)C)N(Cc1ccc(Cl)c(Cl)c1)C(=O)CN(C)S(=O)(=O)c1ccc2ccccc2c1. The molecule has 3 aromatic carbocycles. The van der Waals surface area contributed by atoms with Gasteiger partial charge in [-0.25, -0.2) is 8.42 Å².